The Balaban J connectivity index is 2.42. The second-order valence-electron chi connectivity index (χ2n) is 3.59. The summed E-state index contributed by atoms with van der Waals surface area (Å²) in [5, 5.41) is 0.978. The van der Waals surface area contributed by atoms with Gasteiger partial charge in [-0.1, -0.05) is 35.9 Å². The monoisotopic (exact) mass is 252 g/mol. The number of halogens is 1. The van der Waals surface area contributed by atoms with Crippen molar-refractivity contribution in [3.8, 4) is 10.6 Å². The number of rotatable bonds is 3. The van der Waals surface area contributed by atoms with Gasteiger partial charge in [-0.3, -0.25) is 0 Å². The maximum absolute atomic E-state index is 6.13. The van der Waals surface area contributed by atoms with Crippen LogP contribution in [0.2, 0.25) is 4.34 Å². The molecule has 0 aliphatic carbocycles. The molecule has 0 amide bonds. The highest BCUT2D eigenvalue weighted by atomic mass is 35.5. The van der Waals surface area contributed by atoms with Gasteiger partial charge in [-0.2, -0.15) is 0 Å². The molecule has 1 aromatic heterocycles. The fourth-order valence-corrected chi connectivity index (χ4v) is 2.84. The summed E-state index contributed by atoms with van der Waals surface area (Å²) in [5.74, 6) is 0. The Morgan fingerprint density at radius 1 is 1.38 bits per heavy atom. The Hall–Kier alpha value is -0.900. The van der Waals surface area contributed by atoms with Gasteiger partial charge >= 0.3 is 0 Å². The van der Waals surface area contributed by atoms with Crippen LogP contribution in [0, 0.1) is 6.92 Å². The first-order chi connectivity index (χ1) is 7.72. The normalized spacial score (nSPS) is 10.7. The average molecular weight is 253 g/mol. The zero-order valence-corrected chi connectivity index (χ0v) is 10.6. The van der Waals surface area contributed by atoms with Crippen molar-refractivity contribution in [2.24, 2.45) is 5.73 Å². The van der Waals surface area contributed by atoms with Gasteiger partial charge in [0.05, 0.1) is 5.69 Å². The zero-order valence-electron chi connectivity index (χ0n) is 9.03. The Morgan fingerprint density at radius 3 is 2.81 bits per heavy atom. The van der Waals surface area contributed by atoms with Crippen molar-refractivity contribution in [3.63, 3.8) is 0 Å². The number of nitrogens with two attached hydrogens (primary N) is 1. The highest BCUT2D eigenvalue weighted by molar-refractivity contribution is 7.19. The summed E-state index contributed by atoms with van der Waals surface area (Å²) in [7, 11) is 0. The van der Waals surface area contributed by atoms with Crippen molar-refractivity contribution in [2.45, 2.75) is 13.3 Å². The number of aryl methyl sites for hydroxylation is 1. The van der Waals surface area contributed by atoms with E-state index in [1.165, 1.54) is 16.9 Å². The van der Waals surface area contributed by atoms with Crippen molar-refractivity contribution >= 4 is 22.9 Å². The first-order valence-corrected chi connectivity index (χ1v) is 6.33. The predicted octanol–water partition coefficient (Wildman–Crippen LogP) is 3.27. The Bertz CT molecular complexity index is 494. The van der Waals surface area contributed by atoms with Gasteiger partial charge in [-0.05, 0) is 19.0 Å². The molecule has 1 aromatic carbocycles. The van der Waals surface area contributed by atoms with Gasteiger partial charge in [0.15, 0.2) is 0 Å². The molecular weight excluding hydrogens is 240 g/mol. The minimum atomic E-state index is 0.580. The van der Waals surface area contributed by atoms with Crippen LogP contribution in [-0.2, 0) is 6.42 Å². The van der Waals surface area contributed by atoms with E-state index in [0.29, 0.717) is 6.54 Å². The van der Waals surface area contributed by atoms with Gasteiger partial charge < -0.3 is 5.73 Å². The molecule has 0 unspecified atom stereocenters. The smallest absolute Gasteiger partial charge is 0.125 e. The van der Waals surface area contributed by atoms with Crippen LogP contribution in [0.25, 0.3) is 10.6 Å². The SMILES string of the molecule is Cc1ccccc1-c1nc(CCN)c(Cl)s1. The van der Waals surface area contributed by atoms with Crippen LogP contribution in [0.15, 0.2) is 24.3 Å². The lowest BCUT2D eigenvalue weighted by Gasteiger charge is -1.99. The van der Waals surface area contributed by atoms with Crippen LogP contribution >= 0.6 is 22.9 Å². The first-order valence-electron chi connectivity index (χ1n) is 5.13. The number of aromatic nitrogens is 1. The van der Waals surface area contributed by atoms with Gasteiger partial charge in [-0.25, -0.2) is 4.98 Å². The van der Waals surface area contributed by atoms with E-state index < -0.39 is 0 Å². The molecule has 2 nitrogen and oxygen atoms in total. The third-order valence-electron chi connectivity index (χ3n) is 2.41. The van der Waals surface area contributed by atoms with E-state index in [2.05, 4.69) is 24.0 Å². The van der Waals surface area contributed by atoms with E-state index in [-0.39, 0.29) is 0 Å². The largest absolute Gasteiger partial charge is 0.330 e. The highest BCUT2D eigenvalue weighted by Gasteiger charge is 2.11. The second kappa shape index (κ2) is 4.95. The fraction of sp³-hybridized carbons (Fsp3) is 0.250. The molecule has 84 valence electrons. The number of hydrogen-bond acceptors (Lipinski definition) is 3. The Labute approximate surface area is 104 Å². The fourth-order valence-electron chi connectivity index (χ4n) is 1.55. The van der Waals surface area contributed by atoms with Crippen LogP contribution in [0.1, 0.15) is 11.3 Å². The highest BCUT2D eigenvalue weighted by Crippen LogP contribution is 2.33. The predicted molar refractivity (Wildman–Crippen MR) is 70.1 cm³/mol. The summed E-state index contributed by atoms with van der Waals surface area (Å²) in [5.41, 5.74) is 8.79. The molecule has 0 saturated heterocycles. The number of nitrogens with zero attached hydrogens (tertiary/aromatic N) is 1. The molecule has 16 heavy (non-hydrogen) atoms. The molecule has 0 spiro atoms. The third kappa shape index (κ3) is 2.26. The van der Waals surface area contributed by atoms with Crippen molar-refractivity contribution in [2.75, 3.05) is 6.54 Å². The quantitative estimate of drug-likeness (QED) is 0.911. The third-order valence-corrected chi connectivity index (χ3v) is 3.78. The van der Waals surface area contributed by atoms with Crippen LogP contribution in [0.4, 0.5) is 0 Å². The molecule has 2 N–H and O–H groups in total. The van der Waals surface area contributed by atoms with Crippen LogP contribution in [0.5, 0.6) is 0 Å². The van der Waals surface area contributed by atoms with Gasteiger partial charge in [0, 0.05) is 12.0 Å². The summed E-state index contributed by atoms with van der Waals surface area (Å²) >= 11 is 7.65. The maximum atomic E-state index is 6.13. The summed E-state index contributed by atoms with van der Waals surface area (Å²) in [6.45, 7) is 2.66. The molecule has 0 atom stereocenters. The summed E-state index contributed by atoms with van der Waals surface area (Å²) in [4.78, 5) is 4.54. The molecule has 0 bridgehead atoms. The second-order valence-corrected chi connectivity index (χ2v) is 5.19. The molecule has 0 aliphatic rings. The maximum Gasteiger partial charge on any atom is 0.125 e. The number of hydrogen-bond donors (Lipinski definition) is 1. The molecule has 0 fully saturated rings. The molecule has 2 rings (SSSR count). The summed E-state index contributed by atoms with van der Waals surface area (Å²) in [6.07, 6.45) is 0.737. The van der Waals surface area contributed by atoms with Gasteiger partial charge in [0.2, 0.25) is 0 Å². The van der Waals surface area contributed by atoms with Gasteiger partial charge in [0.1, 0.15) is 9.34 Å². The Morgan fingerprint density at radius 2 is 2.12 bits per heavy atom. The number of benzene rings is 1. The topological polar surface area (TPSA) is 38.9 Å². The van der Waals surface area contributed by atoms with Crippen LogP contribution in [0.3, 0.4) is 0 Å². The standard InChI is InChI=1S/C12H13ClN2S/c1-8-4-2-3-5-9(8)12-15-10(6-7-14)11(13)16-12/h2-5H,6-7,14H2,1H3. The lowest BCUT2D eigenvalue weighted by atomic mass is 10.1. The minimum absolute atomic E-state index is 0.580. The average Bonchev–Trinajstić information content (AvgIpc) is 2.61. The van der Waals surface area contributed by atoms with Gasteiger partial charge in [0.25, 0.3) is 0 Å². The van der Waals surface area contributed by atoms with Crippen LogP contribution < -0.4 is 5.73 Å². The lowest BCUT2D eigenvalue weighted by molar-refractivity contribution is 0.936. The van der Waals surface area contributed by atoms with E-state index in [1.807, 2.05) is 12.1 Å². The Kier molecular flexibility index (Phi) is 3.59. The lowest BCUT2D eigenvalue weighted by Crippen LogP contribution is -2.03. The molecule has 2 aromatic rings. The van der Waals surface area contributed by atoms with Gasteiger partial charge in [-0.15, -0.1) is 11.3 Å². The van der Waals surface area contributed by atoms with Crippen molar-refractivity contribution in [3.05, 3.63) is 39.9 Å². The van der Waals surface area contributed by atoms with E-state index in [4.69, 9.17) is 17.3 Å². The summed E-state index contributed by atoms with van der Waals surface area (Å²) < 4.78 is 0.753. The van der Waals surface area contributed by atoms with Crippen molar-refractivity contribution in [1.82, 2.24) is 4.98 Å². The van der Waals surface area contributed by atoms with E-state index >= 15 is 0 Å². The molecular formula is C12H13ClN2S. The molecule has 0 radical (unpaired) electrons. The molecule has 0 aliphatic heterocycles. The van der Waals surface area contributed by atoms with E-state index in [9.17, 15) is 0 Å². The van der Waals surface area contributed by atoms with Crippen molar-refractivity contribution < 1.29 is 0 Å². The molecule has 4 heteroatoms. The zero-order chi connectivity index (χ0) is 11.5. The van der Waals surface area contributed by atoms with E-state index in [1.54, 1.807) is 0 Å². The number of thiazole rings is 1. The van der Waals surface area contributed by atoms with E-state index in [0.717, 1.165) is 27.0 Å². The molecule has 1 heterocycles. The van der Waals surface area contributed by atoms with Crippen molar-refractivity contribution in [1.29, 1.82) is 0 Å². The molecule has 0 saturated carbocycles. The minimum Gasteiger partial charge on any atom is -0.330 e. The first kappa shape index (κ1) is 11.6. The summed E-state index contributed by atoms with van der Waals surface area (Å²) in [6, 6.07) is 8.18. The van der Waals surface area contributed by atoms with Crippen LogP contribution in [-0.4, -0.2) is 11.5 Å².